The largest absolute Gasteiger partial charge is 0.492 e. The van der Waals surface area contributed by atoms with Crippen molar-refractivity contribution in [2.24, 2.45) is 0 Å². The number of hydrogen-bond donors (Lipinski definition) is 0. The number of nitrogens with zero attached hydrogens (tertiary/aromatic N) is 2. The summed E-state index contributed by atoms with van der Waals surface area (Å²) in [7, 11) is 0. The van der Waals surface area contributed by atoms with E-state index in [1.807, 2.05) is 13.0 Å². The number of carbonyl (C=O) groups is 2. The Bertz CT molecular complexity index is 1080. The van der Waals surface area contributed by atoms with E-state index in [0.29, 0.717) is 45.6 Å². The van der Waals surface area contributed by atoms with E-state index in [1.54, 1.807) is 36.4 Å². The molecular formula is C21H16Cl2N2O3. The Morgan fingerprint density at radius 1 is 1.04 bits per heavy atom. The summed E-state index contributed by atoms with van der Waals surface area (Å²) in [6.07, 6.45) is 0.498. The lowest BCUT2D eigenvalue weighted by Crippen LogP contribution is -2.31. The van der Waals surface area contributed by atoms with E-state index in [2.05, 4.69) is 4.98 Å². The zero-order chi connectivity index (χ0) is 19.8. The first kappa shape index (κ1) is 18.7. The molecule has 28 heavy (non-hydrogen) atoms. The molecule has 3 aromatic rings. The molecule has 2 amide bonds. The van der Waals surface area contributed by atoms with Crippen LogP contribution in [0.4, 0.5) is 0 Å². The highest BCUT2D eigenvalue weighted by Crippen LogP contribution is 2.32. The van der Waals surface area contributed by atoms with Gasteiger partial charge in [-0.3, -0.25) is 14.5 Å². The van der Waals surface area contributed by atoms with Crippen molar-refractivity contribution < 1.29 is 14.3 Å². The Balaban J connectivity index is 1.42. The Morgan fingerprint density at radius 2 is 1.71 bits per heavy atom. The topological polar surface area (TPSA) is 59.5 Å². The number of imide groups is 1. The minimum absolute atomic E-state index is 0.261. The third-order valence-electron chi connectivity index (χ3n) is 4.70. The van der Waals surface area contributed by atoms with Crippen LogP contribution in [0.15, 0.2) is 42.5 Å². The van der Waals surface area contributed by atoms with Crippen molar-refractivity contribution in [3.63, 3.8) is 0 Å². The summed E-state index contributed by atoms with van der Waals surface area (Å²) >= 11 is 12.3. The Kier molecular flexibility index (Phi) is 4.96. The smallest absolute Gasteiger partial charge is 0.261 e. The summed E-state index contributed by atoms with van der Waals surface area (Å²) in [5.41, 5.74) is 2.58. The van der Waals surface area contributed by atoms with Crippen LogP contribution in [0.1, 0.15) is 32.7 Å². The number of hydrogen-bond acceptors (Lipinski definition) is 4. The van der Waals surface area contributed by atoms with E-state index < -0.39 is 0 Å². The maximum Gasteiger partial charge on any atom is 0.261 e. The first-order valence-electron chi connectivity index (χ1n) is 8.80. The normalized spacial score (nSPS) is 13.3. The number of fused-ring (bicyclic) bond motifs is 2. The molecule has 1 aliphatic heterocycles. The second kappa shape index (κ2) is 7.41. The Labute approximate surface area is 171 Å². The van der Waals surface area contributed by atoms with Crippen LogP contribution < -0.4 is 4.74 Å². The van der Waals surface area contributed by atoms with E-state index in [4.69, 9.17) is 27.9 Å². The highest BCUT2D eigenvalue weighted by molar-refractivity contribution is 6.33. The molecule has 0 saturated heterocycles. The molecule has 0 saturated carbocycles. The van der Waals surface area contributed by atoms with Crippen LogP contribution >= 0.6 is 23.2 Å². The molecule has 142 valence electrons. The number of halogens is 2. The first-order chi connectivity index (χ1) is 13.5. The molecule has 0 atom stereocenters. The molecule has 0 unspecified atom stereocenters. The molecule has 2 aromatic carbocycles. The minimum Gasteiger partial charge on any atom is -0.492 e. The molecular weight excluding hydrogens is 399 g/mol. The molecule has 0 aliphatic carbocycles. The van der Waals surface area contributed by atoms with Gasteiger partial charge < -0.3 is 4.74 Å². The van der Waals surface area contributed by atoms with Gasteiger partial charge in [-0.25, -0.2) is 4.98 Å². The average molecular weight is 415 g/mol. The van der Waals surface area contributed by atoms with Crippen molar-refractivity contribution in [2.45, 2.75) is 13.3 Å². The number of carbonyl (C=O) groups excluding carboxylic acids is 2. The van der Waals surface area contributed by atoms with Gasteiger partial charge >= 0.3 is 0 Å². The van der Waals surface area contributed by atoms with Gasteiger partial charge in [-0.1, -0.05) is 35.3 Å². The molecule has 0 N–H and O–H groups in total. The second-order valence-electron chi connectivity index (χ2n) is 6.57. The molecule has 0 radical (unpaired) electrons. The van der Waals surface area contributed by atoms with E-state index in [-0.39, 0.29) is 18.4 Å². The highest BCUT2D eigenvalue weighted by Gasteiger charge is 2.34. The molecule has 4 rings (SSSR count). The van der Waals surface area contributed by atoms with Gasteiger partial charge in [0.15, 0.2) is 0 Å². The monoisotopic (exact) mass is 414 g/mol. The molecule has 0 fully saturated rings. The third-order valence-corrected chi connectivity index (χ3v) is 5.19. The zero-order valence-corrected chi connectivity index (χ0v) is 16.5. The molecule has 2 heterocycles. The lowest BCUT2D eigenvalue weighted by molar-refractivity contribution is 0.0647. The van der Waals surface area contributed by atoms with Crippen LogP contribution in [0.2, 0.25) is 10.2 Å². The number of benzene rings is 2. The summed E-state index contributed by atoms with van der Waals surface area (Å²) in [6, 6.07) is 12.2. The van der Waals surface area contributed by atoms with Gasteiger partial charge in [0, 0.05) is 11.9 Å². The first-order valence-corrected chi connectivity index (χ1v) is 9.55. The number of aromatic nitrogens is 1. The summed E-state index contributed by atoms with van der Waals surface area (Å²) in [4.78, 5) is 30.2. The lowest BCUT2D eigenvalue weighted by Gasteiger charge is -2.15. The van der Waals surface area contributed by atoms with Crippen LogP contribution in [-0.2, 0) is 0 Å². The predicted octanol–water partition coefficient (Wildman–Crippen LogP) is 4.92. The van der Waals surface area contributed by atoms with Gasteiger partial charge in [-0.15, -0.1) is 0 Å². The van der Waals surface area contributed by atoms with Gasteiger partial charge in [-0.2, -0.15) is 0 Å². The van der Waals surface area contributed by atoms with Crippen molar-refractivity contribution in [3.8, 4) is 5.75 Å². The van der Waals surface area contributed by atoms with Crippen LogP contribution in [0, 0.1) is 6.92 Å². The molecule has 0 spiro atoms. The maximum atomic E-state index is 12.4. The van der Waals surface area contributed by atoms with E-state index >= 15 is 0 Å². The maximum absolute atomic E-state index is 12.4. The standard InChI is InChI=1S/C21H16Cl2N2O3/c1-12-9-19(23)24-17-11-16(22)18(10-15(12)17)28-8-4-7-25-20(26)13-5-2-3-6-14(13)21(25)27/h2-3,5-6,9-11H,4,7-8H2,1H3. The summed E-state index contributed by atoms with van der Waals surface area (Å²) in [5.74, 6) is 0.00887. The van der Waals surface area contributed by atoms with Crippen molar-refractivity contribution in [2.75, 3.05) is 13.2 Å². The number of rotatable bonds is 5. The fourth-order valence-corrected chi connectivity index (χ4v) is 3.78. The third kappa shape index (κ3) is 3.32. The Morgan fingerprint density at radius 3 is 2.39 bits per heavy atom. The van der Waals surface area contributed by atoms with Gasteiger partial charge in [0.1, 0.15) is 10.9 Å². The number of ether oxygens (including phenoxy) is 1. The highest BCUT2D eigenvalue weighted by atomic mass is 35.5. The second-order valence-corrected chi connectivity index (χ2v) is 7.37. The van der Waals surface area contributed by atoms with Crippen LogP contribution in [0.3, 0.4) is 0 Å². The van der Waals surface area contributed by atoms with Gasteiger partial charge in [0.25, 0.3) is 11.8 Å². The minimum atomic E-state index is -0.261. The van der Waals surface area contributed by atoms with Crippen LogP contribution in [0.25, 0.3) is 10.9 Å². The molecule has 0 bridgehead atoms. The summed E-state index contributed by atoms with van der Waals surface area (Å²) in [5, 5.41) is 1.75. The molecule has 5 nitrogen and oxygen atoms in total. The molecule has 1 aliphatic rings. The number of aryl methyl sites for hydroxylation is 1. The molecule has 7 heteroatoms. The average Bonchev–Trinajstić information content (AvgIpc) is 2.90. The van der Waals surface area contributed by atoms with Crippen molar-refractivity contribution >= 4 is 45.9 Å². The Hall–Kier alpha value is -2.63. The van der Waals surface area contributed by atoms with E-state index in [1.165, 1.54) is 4.90 Å². The number of pyridine rings is 1. The van der Waals surface area contributed by atoms with Gasteiger partial charge in [0.2, 0.25) is 0 Å². The lowest BCUT2D eigenvalue weighted by atomic mass is 10.1. The SMILES string of the molecule is Cc1cc(Cl)nc2cc(Cl)c(OCCCN3C(=O)c4ccccc4C3=O)cc12. The fourth-order valence-electron chi connectivity index (χ4n) is 3.31. The fraction of sp³-hybridized carbons (Fsp3) is 0.190. The van der Waals surface area contributed by atoms with Crippen molar-refractivity contribution in [1.82, 2.24) is 9.88 Å². The molecule has 1 aromatic heterocycles. The van der Waals surface area contributed by atoms with Crippen molar-refractivity contribution in [1.29, 1.82) is 0 Å². The van der Waals surface area contributed by atoms with Gasteiger partial charge in [-0.05, 0) is 49.2 Å². The van der Waals surface area contributed by atoms with E-state index in [0.717, 1.165) is 10.9 Å². The number of amides is 2. The van der Waals surface area contributed by atoms with E-state index in [9.17, 15) is 9.59 Å². The van der Waals surface area contributed by atoms with Gasteiger partial charge in [0.05, 0.1) is 28.3 Å². The van der Waals surface area contributed by atoms with Crippen LogP contribution in [0.5, 0.6) is 5.75 Å². The van der Waals surface area contributed by atoms with Crippen molar-refractivity contribution in [3.05, 3.63) is 69.3 Å². The van der Waals surface area contributed by atoms with Crippen LogP contribution in [-0.4, -0.2) is 34.8 Å². The quantitative estimate of drug-likeness (QED) is 0.337. The zero-order valence-electron chi connectivity index (χ0n) is 15.0. The summed E-state index contributed by atoms with van der Waals surface area (Å²) < 4.78 is 5.80. The summed E-state index contributed by atoms with van der Waals surface area (Å²) in [6.45, 7) is 2.54. The predicted molar refractivity (Wildman–Crippen MR) is 108 cm³/mol.